The van der Waals surface area contributed by atoms with Gasteiger partial charge in [0.2, 0.25) is 0 Å². The van der Waals surface area contributed by atoms with Crippen LogP contribution in [0.2, 0.25) is 5.02 Å². The standard InChI is InChI=1S/C14H9BrClN/c15-12-4-2-1-3-9(12)10-5-6-13-11(14(10)16)7-8-17-13/h1-8,17H. The Balaban J connectivity index is 2.31. The summed E-state index contributed by atoms with van der Waals surface area (Å²) in [7, 11) is 0. The first-order valence-electron chi connectivity index (χ1n) is 5.28. The van der Waals surface area contributed by atoms with Gasteiger partial charge >= 0.3 is 0 Å². The average Bonchev–Trinajstić information content (AvgIpc) is 2.80. The van der Waals surface area contributed by atoms with Crippen LogP contribution in [0.4, 0.5) is 0 Å². The van der Waals surface area contributed by atoms with Crippen LogP contribution in [-0.4, -0.2) is 4.98 Å². The summed E-state index contributed by atoms with van der Waals surface area (Å²) in [5, 5.41) is 1.84. The number of H-pyrrole nitrogens is 1. The van der Waals surface area contributed by atoms with Crippen LogP contribution in [0.25, 0.3) is 22.0 Å². The van der Waals surface area contributed by atoms with Crippen LogP contribution >= 0.6 is 27.5 Å². The summed E-state index contributed by atoms with van der Waals surface area (Å²) in [6.07, 6.45) is 1.90. The second-order valence-corrected chi connectivity index (χ2v) is 5.08. The minimum Gasteiger partial charge on any atom is -0.361 e. The predicted octanol–water partition coefficient (Wildman–Crippen LogP) is 5.25. The van der Waals surface area contributed by atoms with Gasteiger partial charge in [-0.25, -0.2) is 0 Å². The third-order valence-electron chi connectivity index (χ3n) is 2.83. The first-order valence-corrected chi connectivity index (χ1v) is 6.45. The summed E-state index contributed by atoms with van der Waals surface area (Å²) < 4.78 is 1.05. The number of halogens is 2. The summed E-state index contributed by atoms with van der Waals surface area (Å²) in [6, 6.07) is 14.2. The molecule has 1 heterocycles. The minimum atomic E-state index is 0.788. The third kappa shape index (κ3) is 1.78. The van der Waals surface area contributed by atoms with E-state index in [4.69, 9.17) is 11.6 Å². The molecule has 0 unspecified atom stereocenters. The lowest BCUT2D eigenvalue weighted by molar-refractivity contribution is 1.48. The molecule has 0 saturated heterocycles. The zero-order valence-electron chi connectivity index (χ0n) is 8.87. The maximum absolute atomic E-state index is 6.45. The van der Waals surface area contributed by atoms with Gasteiger partial charge in [-0.2, -0.15) is 0 Å². The fourth-order valence-corrected chi connectivity index (χ4v) is 2.81. The molecule has 17 heavy (non-hydrogen) atoms. The van der Waals surface area contributed by atoms with Crippen LogP contribution in [0.5, 0.6) is 0 Å². The Labute approximate surface area is 113 Å². The smallest absolute Gasteiger partial charge is 0.0578 e. The average molecular weight is 307 g/mol. The first-order chi connectivity index (χ1) is 8.27. The van der Waals surface area contributed by atoms with Crippen molar-refractivity contribution < 1.29 is 0 Å². The number of hydrogen-bond acceptors (Lipinski definition) is 0. The van der Waals surface area contributed by atoms with Crippen LogP contribution < -0.4 is 0 Å². The molecular formula is C14H9BrClN. The van der Waals surface area contributed by atoms with E-state index in [2.05, 4.69) is 33.0 Å². The molecule has 0 spiro atoms. The molecule has 3 rings (SSSR count). The van der Waals surface area contributed by atoms with Gasteiger partial charge in [0, 0.05) is 27.1 Å². The fourth-order valence-electron chi connectivity index (χ4n) is 1.98. The molecule has 3 aromatic rings. The molecule has 0 radical (unpaired) electrons. The van der Waals surface area contributed by atoms with Crippen molar-refractivity contribution in [2.24, 2.45) is 0 Å². The number of fused-ring (bicyclic) bond motifs is 1. The molecule has 0 amide bonds. The van der Waals surface area contributed by atoms with Crippen LogP contribution in [0.15, 0.2) is 53.1 Å². The largest absolute Gasteiger partial charge is 0.361 e. The van der Waals surface area contributed by atoms with Gasteiger partial charge in [0.05, 0.1) is 5.02 Å². The molecule has 0 saturated carbocycles. The van der Waals surface area contributed by atoms with Crippen molar-refractivity contribution in [3.63, 3.8) is 0 Å². The van der Waals surface area contributed by atoms with Gasteiger partial charge in [-0.3, -0.25) is 0 Å². The van der Waals surface area contributed by atoms with E-state index in [1.807, 2.05) is 36.5 Å². The van der Waals surface area contributed by atoms with Crippen molar-refractivity contribution in [1.29, 1.82) is 0 Å². The lowest BCUT2D eigenvalue weighted by Gasteiger charge is -2.07. The Morgan fingerprint density at radius 2 is 1.76 bits per heavy atom. The Morgan fingerprint density at radius 3 is 2.59 bits per heavy atom. The quantitative estimate of drug-likeness (QED) is 0.632. The lowest BCUT2D eigenvalue weighted by atomic mass is 10.0. The summed E-state index contributed by atoms with van der Waals surface area (Å²) in [5.41, 5.74) is 3.22. The molecule has 0 bridgehead atoms. The van der Waals surface area contributed by atoms with Gasteiger partial charge in [-0.15, -0.1) is 0 Å². The molecule has 1 N–H and O–H groups in total. The molecule has 2 aromatic carbocycles. The maximum atomic E-state index is 6.45. The van der Waals surface area contributed by atoms with E-state index in [9.17, 15) is 0 Å². The number of rotatable bonds is 1. The van der Waals surface area contributed by atoms with E-state index < -0.39 is 0 Å². The van der Waals surface area contributed by atoms with E-state index in [-0.39, 0.29) is 0 Å². The monoisotopic (exact) mass is 305 g/mol. The number of benzene rings is 2. The summed E-state index contributed by atoms with van der Waals surface area (Å²) >= 11 is 10.0. The molecule has 0 fully saturated rings. The van der Waals surface area contributed by atoms with Crippen LogP contribution in [0, 0.1) is 0 Å². The SMILES string of the molecule is Clc1c(-c2ccccc2Br)ccc2[nH]ccc12. The topological polar surface area (TPSA) is 15.8 Å². The molecule has 0 aliphatic rings. The Hall–Kier alpha value is -1.25. The van der Waals surface area contributed by atoms with Crippen molar-refractivity contribution in [3.05, 3.63) is 58.2 Å². The lowest BCUT2D eigenvalue weighted by Crippen LogP contribution is -1.82. The molecule has 1 nitrogen and oxygen atoms in total. The number of nitrogens with one attached hydrogen (secondary N) is 1. The van der Waals surface area contributed by atoms with E-state index in [0.29, 0.717) is 0 Å². The summed E-state index contributed by atoms with van der Waals surface area (Å²) in [5.74, 6) is 0. The van der Waals surface area contributed by atoms with Gasteiger partial charge in [0.1, 0.15) is 0 Å². The van der Waals surface area contributed by atoms with Crippen LogP contribution in [-0.2, 0) is 0 Å². The van der Waals surface area contributed by atoms with Crippen molar-refractivity contribution in [1.82, 2.24) is 4.98 Å². The van der Waals surface area contributed by atoms with E-state index in [1.54, 1.807) is 0 Å². The zero-order valence-corrected chi connectivity index (χ0v) is 11.2. The Kier molecular flexibility index (Phi) is 2.69. The second-order valence-electron chi connectivity index (χ2n) is 3.85. The number of hydrogen-bond donors (Lipinski definition) is 1. The molecule has 1 aromatic heterocycles. The van der Waals surface area contributed by atoms with Crippen molar-refractivity contribution >= 4 is 38.4 Å². The van der Waals surface area contributed by atoms with Gasteiger partial charge in [-0.1, -0.05) is 51.8 Å². The van der Waals surface area contributed by atoms with Gasteiger partial charge in [0.25, 0.3) is 0 Å². The maximum Gasteiger partial charge on any atom is 0.0578 e. The highest BCUT2D eigenvalue weighted by Gasteiger charge is 2.10. The van der Waals surface area contributed by atoms with Gasteiger partial charge in [0.15, 0.2) is 0 Å². The molecule has 0 aliphatic carbocycles. The van der Waals surface area contributed by atoms with E-state index in [0.717, 1.165) is 31.5 Å². The van der Waals surface area contributed by atoms with Crippen LogP contribution in [0.1, 0.15) is 0 Å². The van der Waals surface area contributed by atoms with Crippen molar-refractivity contribution in [3.8, 4) is 11.1 Å². The van der Waals surface area contributed by atoms with Crippen molar-refractivity contribution in [2.45, 2.75) is 0 Å². The molecular weight excluding hydrogens is 298 g/mol. The fraction of sp³-hybridized carbons (Fsp3) is 0. The third-order valence-corrected chi connectivity index (χ3v) is 3.93. The summed E-state index contributed by atoms with van der Waals surface area (Å²) in [4.78, 5) is 3.16. The predicted molar refractivity (Wildman–Crippen MR) is 76.4 cm³/mol. The van der Waals surface area contributed by atoms with E-state index in [1.165, 1.54) is 0 Å². The highest BCUT2D eigenvalue weighted by molar-refractivity contribution is 9.10. The highest BCUT2D eigenvalue weighted by Crippen LogP contribution is 2.37. The second kappa shape index (κ2) is 4.21. The molecule has 0 aliphatic heterocycles. The zero-order chi connectivity index (χ0) is 11.8. The Morgan fingerprint density at radius 1 is 0.941 bits per heavy atom. The Bertz CT molecular complexity index is 688. The number of aromatic amines is 1. The molecule has 84 valence electrons. The van der Waals surface area contributed by atoms with Crippen molar-refractivity contribution in [2.75, 3.05) is 0 Å². The minimum absolute atomic E-state index is 0.788. The van der Waals surface area contributed by atoms with Gasteiger partial charge in [-0.05, 0) is 23.8 Å². The molecule has 3 heteroatoms. The first kappa shape index (κ1) is 10.9. The highest BCUT2D eigenvalue weighted by atomic mass is 79.9. The number of aromatic nitrogens is 1. The molecule has 0 atom stereocenters. The normalized spacial score (nSPS) is 10.9. The van der Waals surface area contributed by atoms with Gasteiger partial charge < -0.3 is 4.98 Å². The van der Waals surface area contributed by atoms with Crippen LogP contribution in [0.3, 0.4) is 0 Å². The summed E-state index contributed by atoms with van der Waals surface area (Å²) in [6.45, 7) is 0. The van der Waals surface area contributed by atoms with E-state index >= 15 is 0 Å².